The molecule has 0 saturated carbocycles. The van der Waals surface area contributed by atoms with Gasteiger partial charge in [0.2, 0.25) is 10.0 Å². The fraction of sp³-hybridized carbons (Fsp3) is 0.182. The summed E-state index contributed by atoms with van der Waals surface area (Å²) < 4.78 is 28.4. The average Bonchev–Trinajstić information content (AvgIpc) is 3.37. The van der Waals surface area contributed by atoms with E-state index in [4.69, 9.17) is 0 Å². The van der Waals surface area contributed by atoms with Crippen LogP contribution < -0.4 is 10.6 Å². The molecular weight excluding hydrogens is 442 g/mol. The highest BCUT2D eigenvalue weighted by atomic mass is 32.2. The van der Waals surface area contributed by atoms with Gasteiger partial charge in [-0.2, -0.15) is 4.31 Å². The Balaban J connectivity index is 1.35. The minimum atomic E-state index is -3.49. The van der Waals surface area contributed by atoms with Crippen molar-refractivity contribution in [2.45, 2.75) is 17.9 Å². The number of aromatic nitrogens is 4. The van der Waals surface area contributed by atoms with Crippen molar-refractivity contribution in [2.75, 3.05) is 18.4 Å². The number of sulfonamides is 1. The van der Waals surface area contributed by atoms with E-state index in [1.807, 2.05) is 22.7 Å². The van der Waals surface area contributed by atoms with E-state index < -0.39 is 10.0 Å². The molecule has 0 bridgehead atoms. The molecule has 33 heavy (non-hydrogen) atoms. The number of pyridine rings is 1. The summed E-state index contributed by atoms with van der Waals surface area (Å²) in [5, 5.41) is 6.06. The standard InChI is InChI=1S/C22H19N7O3S/c30-22-21-16(11-26-22)15(18-12-25-20-13-23-6-9-29(18)20)3-4-17(21)27-19-5-2-14(10-24-19)33(31,32)28-7-1-8-28/h2-6,9-10,12-13H,1,7-8,11H2,(H,24,27)(H,26,30). The van der Waals surface area contributed by atoms with Crippen LogP contribution in [0.2, 0.25) is 0 Å². The maximum atomic E-state index is 12.7. The number of nitrogens with one attached hydrogen (secondary N) is 2. The quantitative estimate of drug-likeness (QED) is 0.467. The Kier molecular flexibility index (Phi) is 4.42. The van der Waals surface area contributed by atoms with Gasteiger partial charge in [-0.1, -0.05) is 6.07 Å². The van der Waals surface area contributed by atoms with Gasteiger partial charge in [-0.3, -0.25) is 14.2 Å². The lowest BCUT2D eigenvalue weighted by Gasteiger charge is -2.29. The lowest BCUT2D eigenvalue weighted by molar-refractivity contribution is 0.0966. The van der Waals surface area contributed by atoms with Crippen molar-refractivity contribution in [3.8, 4) is 11.3 Å². The molecule has 11 heteroatoms. The van der Waals surface area contributed by atoms with Crippen LogP contribution in [0, 0.1) is 0 Å². The van der Waals surface area contributed by atoms with Crippen LogP contribution in [0.1, 0.15) is 22.3 Å². The Morgan fingerprint density at radius 1 is 1.03 bits per heavy atom. The summed E-state index contributed by atoms with van der Waals surface area (Å²) in [4.78, 5) is 25.6. The van der Waals surface area contributed by atoms with Gasteiger partial charge in [0.1, 0.15) is 10.7 Å². The van der Waals surface area contributed by atoms with Gasteiger partial charge in [0.25, 0.3) is 5.91 Å². The molecule has 2 aliphatic rings. The predicted octanol–water partition coefficient (Wildman–Crippen LogP) is 2.17. The van der Waals surface area contributed by atoms with Crippen molar-refractivity contribution in [3.63, 3.8) is 0 Å². The van der Waals surface area contributed by atoms with Crippen LogP contribution in [-0.2, 0) is 16.6 Å². The maximum absolute atomic E-state index is 12.7. The van der Waals surface area contributed by atoms with Gasteiger partial charge in [0, 0.05) is 43.8 Å². The summed E-state index contributed by atoms with van der Waals surface area (Å²) in [5.41, 5.74) is 4.49. The van der Waals surface area contributed by atoms with Crippen LogP contribution in [0.25, 0.3) is 16.9 Å². The SMILES string of the molecule is O=C1NCc2c(-c3cnc4cnccn34)ccc(Nc3ccc(S(=O)(=O)N4CCC4)cn3)c21. The molecule has 3 aromatic heterocycles. The summed E-state index contributed by atoms with van der Waals surface area (Å²) in [6, 6.07) is 6.90. The first kappa shape index (κ1) is 19.8. The van der Waals surface area contributed by atoms with Crippen molar-refractivity contribution < 1.29 is 13.2 Å². The minimum absolute atomic E-state index is 0.160. The maximum Gasteiger partial charge on any atom is 0.254 e. The molecule has 0 spiro atoms. The number of anilines is 2. The highest BCUT2D eigenvalue weighted by Crippen LogP contribution is 2.35. The van der Waals surface area contributed by atoms with Crippen LogP contribution in [0.4, 0.5) is 11.5 Å². The number of fused-ring (bicyclic) bond motifs is 2. The van der Waals surface area contributed by atoms with Gasteiger partial charge in [0.05, 0.1) is 29.3 Å². The zero-order chi connectivity index (χ0) is 22.6. The van der Waals surface area contributed by atoms with Crippen LogP contribution in [0.15, 0.2) is 60.1 Å². The first-order valence-corrected chi connectivity index (χ1v) is 11.9. The van der Waals surface area contributed by atoms with E-state index in [1.54, 1.807) is 24.7 Å². The second-order valence-corrected chi connectivity index (χ2v) is 9.84. The lowest BCUT2D eigenvalue weighted by Crippen LogP contribution is -2.41. The largest absolute Gasteiger partial charge is 0.348 e. The number of carbonyl (C=O) groups is 1. The molecule has 1 amide bonds. The van der Waals surface area contributed by atoms with Gasteiger partial charge in [-0.15, -0.1) is 0 Å². The van der Waals surface area contributed by atoms with E-state index in [2.05, 4.69) is 25.6 Å². The Hall–Kier alpha value is -3.83. The molecule has 1 fully saturated rings. The zero-order valence-electron chi connectivity index (χ0n) is 17.4. The molecule has 1 saturated heterocycles. The summed E-state index contributed by atoms with van der Waals surface area (Å²) in [6.07, 6.45) is 9.19. The Bertz CT molecular complexity index is 1510. The summed E-state index contributed by atoms with van der Waals surface area (Å²) in [6.45, 7) is 1.48. The molecule has 5 heterocycles. The number of hydrogen-bond acceptors (Lipinski definition) is 7. The lowest BCUT2D eigenvalue weighted by atomic mass is 9.99. The average molecular weight is 462 g/mol. The highest BCUT2D eigenvalue weighted by Gasteiger charge is 2.30. The second kappa shape index (κ2) is 7.36. The molecule has 10 nitrogen and oxygen atoms in total. The molecule has 2 N–H and O–H groups in total. The monoisotopic (exact) mass is 461 g/mol. The molecule has 0 atom stereocenters. The number of rotatable bonds is 5. The van der Waals surface area contributed by atoms with Gasteiger partial charge in [0.15, 0.2) is 5.65 Å². The molecule has 166 valence electrons. The van der Waals surface area contributed by atoms with Crippen molar-refractivity contribution in [3.05, 3.63) is 66.4 Å². The van der Waals surface area contributed by atoms with Crippen molar-refractivity contribution in [1.82, 2.24) is 29.0 Å². The molecule has 0 radical (unpaired) electrons. The van der Waals surface area contributed by atoms with Crippen LogP contribution in [0.5, 0.6) is 0 Å². The first-order valence-electron chi connectivity index (χ1n) is 10.5. The number of nitrogens with zero attached hydrogens (tertiary/aromatic N) is 5. The number of imidazole rings is 1. The molecule has 0 unspecified atom stereocenters. The normalized spacial score (nSPS) is 15.8. The Morgan fingerprint density at radius 3 is 2.67 bits per heavy atom. The van der Waals surface area contributed by atoms with E-state index in [-0.39, 0.29) is 10.8 Å². The summed E-state index contributed by atoms with van der Waals surface area (Å²) in [5.74, 6) is 0.273. The smallest absolute Gasteiger partial charge is 0.254 e. The van der Waals surface area contributed by atoms with Crippen molar-refractivity contribution in [1.29, 1.82) is 0 Å². The molecule has 1 aromatic carbocycles. The van der Waals surface area contributed by atoms with Crippen molar-refractivity contribution >= 4 is 33.1 Å². The van der Waals surface area contributed by atoms with E-state index in [9.17, 15) is 13.2 Å². The molecule has 0 aliphatic carbocycles. The van der Waals surface area contributed by atoms with Gasteiger partial charge >= 0.3 is 0 Å². The number of amides is 1. The fourth-order valence-electron chi connectivity index (χ4n) is 4.15. The van der Waals surface area contributed by atoms with Crippen molar-refractivity contribution in [2.24, 2.45) is 0 Å². The van der Waals surface area contributed by atoms with Gasteiger partial charge < -0.3 is 10.6 Å². The second-order valence-electron chi connectivity index (χ2n) is 7.91. The van der Waals surface area contributed by atoms with E-state index in [1.165, 1.54) is 16.6 Å². The first-order chi connectivity index (χ1) is 16.0. The third-order valence-corrected chi connectivity index (χ3v) is 7.89. The third kappa shape index (κ3) is 3.16. The van der Waals surface area contributed by atoms with Crippen LogP contribution in [0.3, 0.4) is 0 Å². The summed E-state index contributed by atoms with van der Waals surface area (Å²) in [7, 11) is -3.49. The number of carbonyl (C=O) groups excluding carboxylic acids is 1. The van der Waals surface area contributed by atoms with E-state index in [0.717, 1.165) is 28.9 Å². The fourth-order valence-corrected chi connectivity index (χ4v) is 5.62. The van der Waals surface area contributed by atoms with E-state index >= 15 is 0 Å². The number of hydrogen-bond donors (Lipinski definition) is 2. The minimum Gasteiger partial charge on any atom is -0.348 e. The number of benzene rings is 1. The molecule has 2 aliphatic heterocycles. The van der Waals surface area contributed by atoms with Gasteiger partial charge in [-0.05, 0) is 30.2 Å². The molecule has 6 rings (SSSR count). The zero-order valence-corrected chi connectivity index (χ0v) is 18.2. The van der Waals surface area contributed by atoms with E-state index in [0.29, 0.717) is 36.7 Å². The van der Waals surface area contributed by atoms with Gasteiger partial charge in [-0.25, -0.2) is 18.4 Å². The Morgan fingerprint density at radius 2 is 1.91 bits per heavy atom. The van der Waals surface area contributed by atoms with Crippen LogP contribution >= 0.6 is 0 Å². The highest BCUT2D eigenvalue weighted by molar-refractivity contribution is 7.89. The van der Waals surface area contributed by atoms with Crippen LogP contribution in [-0.4, -0.2) is 51.1 Å². The molecule has 4 aromatic rings. The topological polar surface area (TPSA) is 122 Å². The predicted molar refractivity (Wildman–Crippen MR) is 120 cm³/mol. The third-order valence-electron chi connectivity index (χ3n) is 6.01. The molecular formula is C22H19N7O3S. The summed E-state index contributed by atoms with van der Waals surface area (Å²) >= 11 is 0. The Labute approximate surface area is 189 Å².